The van der Waals surface area contributed by atoms with Gasteiger partial charge >= 0.3 is 0 Å². The summed E-state index contributed by atoms with van der Waals surface area (Å²) in [6, 6.07) is 13.9. The van der Waals surface area contributed by atoms with Gasteiger partial charge in [-0.15, -0.1) is 0 Å². The lowest BCUT2D eigenvalue weighted by molar-refractivity contribution is -0.277. The fraction of sp³-hybridized carbons (Fsp3) is 0.613. The van der Waals surface area contributed by atoms with Crippen LogP contribution in [0.25, 0.3) is 0 Å². The van der Waals surface area contributed by atoms with Crippen LogP contribution in [-0.2, 0) is 17.8 Å². The second kappa shape index (κ2) is 10.7. The van der Waals surface area contributed by atoms with Gasteiger partial charge in [0.15, 0.2) is 11.5 Å². The molecule has 8 nitrogen and oxygen atoms in total. The Hall–Kier alpha value is -2.20. The van der Waals surface area contributed by atoms with Crippen LogP contribution in [0.3, 0.4) is 0 Å². The highest BCUT2D eigenvalue weighted by Gasteiger charge is 2.54. The number of aryl methyl sites for hydroxylation is 1. The molecule has 1 saturated heterocycles. The average Bonchev–Trinajstić information content (AvgIpc) is 3.26. The first-order valence-corrected chi connectivity index (χ1v) is 14.3. The maximum Gasteiger partial charge on any atom is 0.229 e. The molecule has 3 aliphatic carbocycles. The zero-order valence-corrected chi connectivity index (χ0v) is 22.4. The molecule has 0 spiro atoms. The molecule has 3 unspecified atom stereocenters. The summed E-state index contributed by atoms with van der Waals surface area (Å²) in [4.78, 5) is 0. The van der Waals surface area contributed by atoms with Crippen molar-refractivity contribution in [1.29, 1.82) is 0 Å². The van der Waals surface area contributed by atoms with Crippen molar-refractivity contribution in [3.8, 4) is 11.5 Å². The summed E-state index contributed by atoms with van der Waals surface area (Å²) in [6.07, 6.45) is -1.13. The molecule has 8 heteroatoms. The van der Waals surface area contributed by atoms with Gasteiger partial charge in [0.2, 0.25) is 6.29 Å². The van der Waals surface area contributed by atoms with Gasteiger partial charge in [-0.2, -0.15) is 0 Å². The number of hydrogen-bond acceptors (Lipinski definition) is 8. The van der Waals surface area contributed by atoms with Crippen molar-refractivity contribution in [2.75, 3.05) is 6.61 Å². The molecule has 3 fully saturated rings. The predicted octanol–water partition coefficient (Wildman–Crippen LogP) is 2.66. The van der Waals surface area contributed by atoms with Gasteiger partial charge in [-0.1, -0.05) is 37.3 Å². The predicted molar refractivity (Wildman–Crippen MR) is 142 cm³/mol. The maximum absolute atomic E-state index is 10.8. The highest BCUT2D eigenvalue weighted by atomic mass is 16.7. The fourth-order valence-electron chi connectivity index (χ4n) is 7.78. The van der Waals surface area contributed by atoms with E-state index in [2.05, 4.69) is 13.0 Å². The second-order valence-electron chi connectivity index (χ2n) is 12.1. The summed E-state index contributed by atoms with van der Waals surface area (Å²) in [5.74, 6) is 2.34. The lowest BCUT2D eigenvalue weighted by Gasteiger charge is -2.50. The molecule has 39 heavy (non-hydrogen) atoms. The molecule has 2 aromatic rings. The van der Waals surface area contributed by atoms with Crippen molar-refractivity contribution in [1.82, 2.24) is 0 Å². The van der Waals surface area contributed by atoms with E-state index in [1.165, 1.54) is 11.1 Å². The molecule has 6 rings (SSSR count). The van der Waals surface area contributed by atoms with E-state index in [1.54, 1.807) is 0 Å². The number of aliphatic hydroxyl groups is 5. The average molecular weight is 541 g/mol. The SMILES string of the molecule is C[C@]12CCC3c4cc(OCc5ccccc5)c(O[C@@H]5O[C@H](CO)[C@@H](O)[C@H](O)[C@H]5O)cc4CCC3C1CC[C@@H]2O. The molecule has 4 aliphatic rings. The van der Waals surface area contributed by atoms with Crippen molar-refractivity contribution in [2.45, 2.75) is 94.8 Å². The lowest BCUT2D eigenvalue weighted by Crippen LogP contribution is -2.60. The van der Waals surface area contributed by atoms with Crippen LogP contribution in [0, 0.1) is 17.3 Å². The molecule has 5 N–H and O–H groups in total. The number of aliphatic hydroxyl groups excluding tert-OH is 5. The number of fused-ring (bicyclic) bond motifs is 5. The third kappa shape index (κ3) is 4.75. The van der Waals surface area contributed by atoms with E-state index < -0.39 is 37.3 Å². The van der Waals surface area contributed by atoms with Gasteiger partial charge in [-0.3, -0.25) is 0 Å². The van der Waals surface area contributed by atoms with E-state index in [-0.39, 0.29) is 11.5 Å². The third-order valence-corrected chi connectivity index (χ3v) is 10.1. The smallest absolute Gasteiger partial charge is 0.229 e. The van der Waals surface area contributed by atoms with Crippen molar-refractivity contribution >= 4 is 0 Å². The van der Waals surface area contributed by atoms with Gasteiger partial charge in [-0.05, 0) is 90.5 Å². The molecule has 0 amide bonds. The third-order valence-electron chi connectivity index (χ3n) is 10.1. The summed E-state index contributed by atoms with van der Waals surface area (Å²) >= 11 is 0. The normalized spacial score (nSPS) is 39.4. The lowest BCUT2D eigenvalue weighted by atomic mass is 9.55. The van der Waals surface area contributed by atoms with Crippen molar-refractivity contribution in [3.63, 3.8) is 0 Å². The van der Waals surface area contributed by atoms with Crippen molar-refractivity contribution < 1.29 is 39.7 Å². The van der Waals surface area contributed by atoms with Crippen LogP contribution >= 0.6 is 0 Å². The highest BCUT2D eigenvalue weighted by Crippen LogP contribution is 2.61. The highest BCUT2D eigenvalue weighted by molar-refractivity contribution is 5.50. The first kappa shape index (κ1) is 27.0. The minimum atomic E-state index is -1.52. The van der Waals surface area contributed by atoms with E-state index >= 15 is 0 Å². The zero-order valence-electron chi connectivity index (χ0n) is 22.4. The summed E-state index contributed by atoms with van der Waals surface area (Å²) in [5.41, 5.74) is 3.43. The Bertz CT molecular complexity index is 1150. The largest absolute Gasteiger partial charge is 0.485 e. The van der Waals surface area contributed by atoms with Gasteiger partial charge in [0.05, 0.1) is 12.7 Å². The minimum absolute atomic E-state index is 0.00251. The van der Waals surface area contributed by atoms with Crippen LogP contribution in [0.4, 0.5) is 0 Å². The van der Waals surface area contributed by atoms with E-state index in [1.807, 2.05) is 36.4 Å². The van der Waals surface area contributed by atoms with Gasteiger partial charge in [0.1, 0.15) is 31.0 Å². The Kier molecular flexibility index (Phi) is 7.37. The van der Waals surface area contributed by atoms with Crippen LogP contribution in [0.2, 0.25) is 0 Å². The van der Waals surface area contributed by atoms with Crippen molar-refractivity contribution in [2.24, 2.45) is 17.3 Å². The first-order valence-electron chi connectivity index (χ1n) is 14.3. The molecule has 0 bridgehead atoms. The van der Waals surface area contributed by atoms with Crippen molar-refractivity contribution in [3.05, 3.63) is 59.2 Å². The second-order valence-corrected chi connectivity index (χ2v) is 12.1. The Morgan fingerprint density at radius 2 is 1.72 bits per heavy atom. The van der Waals surface area contributed by atoms with E-state index in [4.69, 9.17) is 14.2 Å². The number of hydrogen-bond donors (Lipinski definition) is 5. The summed E-state index contributed by atoms with van der Waals surface area (Å²) < 4.78 is 18.1. The topological polar surface area (TPSA) is 129 Å². The van der Waals surface area contributed by atoms with E-state index in [9.17, 15) is 25.5 Å². The molecule has 1 heterocycles. The Labute approximate surface area is 229 Å². The van der Waals surface area contributed by atoms with Gasteiger partial charge in [0, 0.05) is 0 Å². The molecular formula is C31H40O8. The minimum Gasteiger partial charge on any atom is -0.485 e. The van der Waals surface area contributed by atoms with Crippen LogP contribution in [0.15, 0.2) is 42.5 Å². The van der Waals surface area contributed by atoms with Gasteiger partial charge in [-0.25, -0.2) is 0 Å². The Morgan fingerprint density at radius 3 is 2.49 bits per heavy atom. The van der Waals surface area contributed by atoms with Gasteiger partial charge < -0.3 is 39.7 Å². The molecule has 2 saturated carbocycles. The number of benzene rings is 2. The molecule has 10 atom stereocenters. The molecule has 2 aromatic carbocycles. The zero-order chi connectivity index (χ0) is 27.3. The number of rotatable bonds is 6. The van der Waals surface area contributed by atoms with E-state index in [0.717, 1.165) is 44.1 Å². The summed E-state index contributed by atoms with van der Waals surface area (Å²) in [6.45, 7) is 2.07. The standard InChI is InChI=1S/C31H40O8/c1-31-12-11-19-20(22(31)9-10-26(31)33)8-7-18-13-24(38-30-29(36)28(35)27(34)25(15-32)39-30)23(14-21(18)19)37-16-17-5-3-2-4-6-17/h2-6,13-14,19-20,22,25-30,32-36H,7-12,15-16H2,1H3/t19?,20?,22?,25-,26+,27-,28+,29-,30-,31+/m1/s1. The summed E-state index contributed by atoms with van der Waals surface area (Å²) in [7, 11) is 0. The molecule has 0 aromatic heterocycles. The van der Waals surface area contributed by atoms with Crippen LogP contribution in [0.5, 0.6) is 11.5 Å². The van der Waals surface area contributed by atoms with Gasteiger partial charge in [0.25, 0.3) is 0 Å². The fourth-order valence-corrected chi connectivity index (χ4v) is 7.78. The quantitative estimate of drug-likeness (QED) is 0.378. The first-order chi connectivity index (χ1) is 18.8. The Morgan fingerprint density at radius 1 is 0.923 bits per heavy atom. The van der Waals surface area contributed by atoms with Crippen LogP contribution in [-0.4, -0.2) is 68.9 Å². The summed E-state index contributed by atoms with van der Waals surface area (Å²) in [5, 5.41) is 51.4. The Balaban J connectivity index is 1.32. The molecule has 0 radical (unpaired) electrons. The molecule has 1 aliphatic heterocycles. The molecule has 212 valence electrons. The molecular weight excluding hydrogens is 500 g/mol. The van der Waals surface area contributed by atoms with Crippen LogP contribution in [0.1, 0.15) is 61.6 Å². The van der Waals surface area contributed by atoms with Crippen LogP contribution < -0.4 is 9.47 Å². The number of ether oxygens (including phenoxy) is 3. The van der Waals surface area contributed by atoms with E-state index in [0.29, 0.717) is 35.9 Å². The maximum atomic E-state index is 10.8. The monoisotopic (exact) mass is 540 g/mol.